The molecule has 1 fully saturated rings. The van der Waals surface area contributed by atoms with Gasteiger partial charge in [0.1, 0.15) is 0 Å². The van der Waals surface area contributed by atoms with Crippen molar-refractivity contribution in [2.24, 2.45) is 5.92 Å². The van der Waals surface area contributed by atoms with Crippen molar-refractivity contribution in [3.8, 4) is 0 Å². The summed E-state index contributed by atoms with van der Waals surface area (Å²) < 4.78 is 0. The third-order valence-corrected chi connectivity index (χ3v) is 4.90. The van der Waals surface area contributed by atoms with Gasteiger partial charge in [0.05, 0.1) is 19.2 Å². The normalized spacial score (nSPS) is 21.3. The van der Waals surface area contributed by atoms with E-state index in [4.69, 9.17) is 0 Å². The molecule has 23 heavy (non-hydrogen) atoms. The van der Waals surface area contributed by atoms with Crippen LogP contribution >= 0.6 is 0 Å². The number of carbonyl (C=O) groups is 1. The Bertz CT molecular complexity index is 554. The average Bonchev–Trinajstić information content (AvgIpc) is 3.37. The zero-order valence-corrected chi connectivity index (χ0v) is 14.2. The lowest BCUT2D eigenvalue weighted by molar-refractivity contribution is -0.134. The number of hydrogen-bond donors (Lipinski definition) is 1. The van der Waals surface area contributed by atoms with Crippen LogP contribution in [0.4, 0.5) is 0 Å². The molecule has 4 nitrogen and oxygen atoms in total. The molecule has 4 heteroatoms. The predicted molar refractivity (Wildman–Crippen MR) is 91.1 cm³/mol. The molecule has 1 unspecified atom stereocenters. The Morgan fingerprint density at radius 2 is 2.09 bits per heavy atom. The molecule has 1 saturated carbocycles. The van der Waals surface area contributed by atoms with Gasteiger partial charge in [0.25, 0.3) is 0 Å². The zero-order chi connectivity index (χ0) is 16.4. The van der Waals surface area contributed by atoms with Crippen LogP contribution in [0.15, 0.2) is 24.3 Å². The number of hydrogen-bond acceptors (Lipinski definition) is 3. The van der Waals surface area contributed by atoms with Crippen molar-refractivity contribution in [3.63, 3.8) is 0 Å². The van der Waals surface area contributed by atoms with Crippen molar-refractivity contribution in [1.82, 2.24) is 9.80 Å². The molecule has 0 bridgehead atoms. The minimum Gasteiger partial charge on any atom is -0.394 e. The highest BCUT2D eigenvalue weighted by Gasteiger charge is 2.35. The lowest BCUT2D eigenvalue weighted by atomic mass is 9.93. The van der Waals surface area contributed by atoms with Crippen LogP contribution in [0.2, 0.25) is 0 Å². The third kappa shape index (κ3) is 3.75. The van der Waals surface area contributed by atoms with E-state index in [1.54, 1.807) is 0 Å². The van der Waals surface area contributed by atoms with Gasteiger partial charge in [-0.1, -0.05) is 38.1 Å². The highest BCUT2D eigenvalue weighted by Crippen LogP contribution is 2.31. The van der Waals surface area contributed by atoms with E-state index in [0.717, 1.165) is 32.4 Å². The van der Waals surface area contributed by atoms with Crippen LogP contribution in [0, 0.1) is 5.92 Å². The molecule has 1 amide bonds. The first-order chi connectivity index (χ1) is 11.1. The van der Waals surface area contributed by atoms with Crippen LogP contribution in [0.3, 0.4) is 0 Å². The molecule has 0 aromatic heterocycles. The fraction of sp³-hybridized carbons (Fsp3) is 0.632. The molecule has 1 heterocycles. The van der Waals surface area contributed by atoms with Crippen LogP contribution in [-0.4, -0.2) is 53.1 Å². The molecule has 0 saturated heterocycles. The van der Waals surface area contributed by atoms with E-state index in [9.17, 15) is 9.90 Å². The van der Waals surface area contributed by atoms with Crippen molar-refractivity contribution in [2.45, 2.75) is 45.2 Å². The summed E-state index contributed by atoms with van der Waals surface area (Å²) in [6.07, 6.45) is 3.24. The number of fused-ring (bicyclic) bond motifs is 1. The second kappa shape index (κ2) is 7.02. The smallest absolute Gasteiger partial charge is 0.237 e. The van der Waals surface area contributed by atoms with Crippen molar-refractivity contribution >= 4 is 5.91 Å². The lowest BCUT2D eigenvalue weighted by Gasteiger charge is -2.37. The summed E-state index contributed by atoms with van der Waals surface area (Å²) in [6.45, 7) is 6.50. The topological polar surface area (TPSA) is 43.8 Å². The van der Waals surface area contributed by atoms with E-state index in [1.165, 1.54) is 11.1 Å². The molecular weight excluding hydrogens is 288 g/mol. The van der Waals surface area contributed by atoms with Crippen molar-refractivity contribution in [3.05, 3.63) is 35.4 Å². The number of aliphatic hydroxyl groups excluding tert-OH is 1. The highest BCUT2D eigenvalue weighted by molar-refractivity contribution is 5.79. The van der Waals surface area contributed by atoms with Crippen LogP contribution in [-0.2, 0) is 11.2 Å². The lowest BCUT2D eigenvalue weighted by Crippen LogP contribution is -2.46. The largest absolute Gasteiger partial charge is 0.394 e. The molecule has 1 N–H and O–H groups in total. The Labute approximate surface area is 139 Å². The third-order valence-electron chi connectivity index (χ3n) is 4.90. The first-order valence-electron chi connectivity index (χ1n) is 8.82. The number of benzene rings is 1. The van der Waals surface area contributed by atoms with Gasteiger partial charge in [-0.25, -0.2) is 0 Å². The Hall–Kier alpha value is -1.39. The van der Waals surface area contributed by atoms with Crippen LogP contribution in [0.5, 0.6) is 0 Å². The SMILES string of the molecule is CC(C)CN(C(=O)CN1CCc2ccccc2C1CO)C1CC1. The fourth-order valence-corrected chi connectivity index (χ4v) is 3.61. The van der Waals surface area contributed by atoms with Gasteiger partial charge in [0.15, 0.2) is 0 Å². The van der Waals surface area contributed by atoms with Crippen molar-refractivity contribution < 1.29 is 9.90 Å². The van der Waals surface area contributed by atoms with Crippen molar-refractivity contribution in [2.75, 3.05) is 26.2 Å². The van der Waals surface area contributed by atoms with Gasteiger partial charge in [-0.3, -0.25) is 9.69 Å². The molecule has 1 aliphatic carbocycles. The molecule has 1 atom stereocenters. The van der Waals surface area contributed by atoms with Gasteiger partial charge in [0.2, 0.25) is 5.91 Å². The summed E-state index contributed by atoms with van der Waals surface area (Å²) in [7, 11) is 0. The van der Waals surface area contributed by atoms with E-state index >= 15 is 0 Å². The summed E-state index contributed by atoms with van der Waals surface area (Å²) in [6, 6.07) is 8.68. The minimum absolute atomic E-state index is 0.0518. The Balaban J connectivity index is 1.70. The quantitative estimate of drug-likeness (QED) is 0.875. The predicted octanol–water partition coefficient (Wildman–Crippen LogP) is 2.23. The van der Waals surface area contributed by atoms with E-state index in [-0.39, 0.29) is 18.6 Å². The van der Waals surface area contributed by atoms with Gasteiger partial charge in [0, 0.05) is 19.1 Å². The molecule has 1 aliphatic heterocycles. The van der Waals surface area contributed by atoms with Crippen LogP contribution < -0.4 is 0 Å². The molecule has 0 spiro atoms. The molecular formula is C19H28N2O2. The Morgan fingerprint density at radius 3 is 2.74 bits per heavy atom. The summed E-state index contributed by atoms with van der Waals surface area (Å²) in [5.41, 5.74) is 2.48. The van der Waals surface area contributed by atoms with Crippen molar-refractivity contribution in [1.29, 1.82) is 0 Å². The van der Waals surface area contributed by atoms with E-state index in [0.29, 0.717) is 18.5 Å². The summed E-state index contributed by atoms with van der Waals surface area (Å²) in [5, 5.41) is 9.86. The average molecular weight is 316 g/mol. The highest BCUT2D eigenvalue weighted by atomic mass is 16.3. The fourth-order valence-electron chi connectivity index (χ4n) is 3.61. The number of amides is 1. The Kier molecular flexibility index (Phi) is 5.02. The standard InChI is InChI=1S/C19H28N2O2/c1-14(2)11-21(16-7-8-16)19(23)12-20-10-9-15-5-3-4-6-17(15)18(20)13-22/h3-6,14,16,18,22H,7-13H2,1-2H3. The number of aliphatic hydroxyl groups is 1. The first-order valence-corrected chi connectivity index (χ1v) is 8.82. The second-order valence-electron chi connectivity index (χ2n) is 7.29. The molecule has 1 aromatic carbocycles. The number of rotatable bonds is 6. The van der Waals surface area contributed by atoms with E-state index in [2.05, 4.69) is 35.8 Å². The van der Waals surface area contributed by atoms with Gasteiger partial charge in [-0.15, -0.1) is 0 Å². The molecule has 3 rings (SSSR count). The Morgan fingerprint density at radius 1 is 1.35 bits per heavy atom. The van der Waals surface area contributed by atoms with Crippen LogP contribution in [0.1, 0.15) is 43.9 Å². The van der Waals surface area contributed by atoms with E-state index in [1.807, 2.05) is 12.1 Å². The maximum atomic E-state index is 12.8. The maximum absolute atomic E-state index is 12.8. The molecule has 126 valence electrons. The summed E-state index contributed by atoms with van der Waals surface area (Å²) in [4.78, 5) is 17.0. The first kappa shape index (κ1) is 16.5. The van der Waals surface area contributed by atoms with E-state index < -0.39 is 0 Å². The number of carbonyl (C=O) groups excluding carboxylic acids is 1. The maximum Gasteiger partial charge on any atom is 0.237 e. The summed E-state index contributed by atoms with van der Waals surface area (Å²) >= 11 is 0. The van der Waals surface area contributed by atoms with Gasteiger partial charge in [-0.05, 0) is 36.3 Å². The number of nitrogens with zero attached hydrogens (tertiary/aromatic N) is 2. The molecule has 2 aliphatic rings. The minimum atomic E-state index is -0.0518. The molecule has 0 radical (unpaired) electrons. The molecule has 1 aromatic rings. The second-order valence-corrected chi connectivity index (χ2v) is 7.29. The monoisotopic (exact) mass is 316 g/mol. The zero-order valence-electron chi connectivity index (χ0n) is 14.2. The van der Waals surface area contributed by atoms with Gasteiger partial charge < -0.3 is 10.0 Å². The van der Waals surface area contributed by atoms with Gasteiger partial charge >= 0.3 is 0 Å². The summed E-state index contributed by atoms with van der Waals surface area (Å²) in [5.74, 6) is 0.717. The van der Waals surface area contributed by atoms with Gasteiger partial charge in [-0.2, -0.15) is 0 Å². The van der Waals surface area contributed by atoms with Crippen LogP contribution in [0.25, 0.3) is 0 Å².